The monoisotopic (exact) mass is 276 g/mol. The molecular weight excluding hydrogens is 264 g/mol. The van der Waals surface area contributed by atoms with Crippen LogP contribution in [0.4, 0.5) is 5.69 Å². The number of carbonyl (C=O) groups excluding carboxylic acids is 1. The van der Waals surface area contributed by atoms with Crippen LogP contribution in [0.1, 0.15) is 27.9 Å². The van der Waals surface area contributed by atoms with Crippen LogP contribution in [-0.2, 0) is 0 Å². The molecule has 0 saturated carbocycles. The van der Waals surface area contributed by atoms with Gasteiger partial charge in [0.15, 0.2) is 5.78 Å². The Morgan fingerprint density at radius 3 is 2.58 bits per heavy atom. The molecule has 0 bridgehead atoms. The standard InChI is InChI=1S/C13H12N2O3S/c1-7-4-5-10(15(17)18)6-11(7)13-14-8(2)12(19-13)9(3)16/h4-6H,1-3H3. The molecule has 0 aliphatic heterocycles. The molecule has 0 atom stereocenters. The van der Waals surface area contributed by atoms with Crippen LogP contribution in [0, 0.1) is 24.0 Å². The van der Waals surface area contributed by atoms with Crippen molar-refractivity contribution in [1.82, 2.24) is 4.98 Å². The van der Waals surface area contributed by atoms with Crippen molar-refractivity contribution in [3.63, 3.8) is 0 Å². The summed E-state index contributed by atoms with van der Waals surface area (Å²) >= 11 is 1.27. The van der Waals surface area contributed by atoms with E-state index in [2.05, 4.69) is 4.98 Å². The lowest BCUT2D eigenvalue weighted by molar-refractivity contribution is -0.384. The lowest BCUT2D eigenvalue weighted by Gasteiger charge is -2.01. The number of aryl methyl sites for hydroxylation is 2. The number of non-ortho nitro benzene ring substituents is 1. The average molecular weight is 276 g/mol. The largest absolute Gasteiger partial charge is 0.294 e. The molecule has 1 aromatic carbocycles. The van der Waals surface area contributed by atoms with Crippen LogP contribution < -0.4 is 0 Å². The maximum Gasteiger partial charge on any atom is 0.270 e. The summed E-state index contributed by atoms with van der Waals surface area (Å²) in [5.74, 6) is -0.0377. The number of carbonyl (C=O) groups is 1. The molecule has 1 aromatic heterocycles. The maximum absolute atomic E-state index is 11.4. The zero-order valence-electron chi connectivity index (χ0n) is 10.8. The van der Waals surface area contributed by atoms with E-state index in [1.165, 1.54) is 30.4 Å². The Morgan fingerprint density at radius 1 is 1.37 bits per heavy atom. The zero-order valence-corrected chi connectivity index (χ0v) is 11.6. The molecule has 1 heterocycles. The molecule has 0 aliphatic carbocycles. The van der Waals surface area contributed by atoms with Gasteiger partial charge in [-0.3, -0.25) is 14.9 Å². The van der Waals surface area contributed by atoms with Crippen LogP contribution in [0.3, 0.4) is 0 Å². The molecule has 0 amide bonds. The summed E-state index contributed by atoms with van der Waals surface area (Å²) in [6, 6.07) is 4.65. The number of ketones is 1. The van der Waals surface area contributed by atoms with Gasteiger partial charge in [0, 0.05) is 24.6 Å². The van der Waals surface area contributed by atoms with Gasteiger partial charge in [-0.2, -0.15) is 0 Å². The smallest absolute Gasteiger partial charge is 0.270 e. The molecule has 0 unspecified atom stereocenters. The van der Waals surface area contributed by atoms with E-state index >= 15 is 0 Å². The van der Waals surface area contributed by atoms with Gasteiger partial charge in [-0.05, 0) is 19.4 Å². The molecule has 2 rings (SSSR count). The van der Waals surface area contributed by atoms with Crippen LogP contribution in [-0.4, -0.2) is 15.7 Å². The number of Topliss-reactive ketones (excluding diaryl/α,β-unsaturated/α-hetero) is 1. The predicted octanol–water partition coefficient (Wildman–Crippen LogP) is 3.54. The summed E-state index contributed by atoms with van der Waals surface area (Å²) in [5, 5.41) is 11.5. The third-order valence-electron chi connectivity index (χ3n) is 2.78. The number of nitrogens with zero attached hydrogens (tertiary/aromatic N) is 2. The molecule has 0 fully saturated rings. The predicted molar refractivity (Wildman–Crippen MR) is 73.7 cm³/mol. The van der Waals surface area contributed by atoms with E-state index < -0.39 is 4.92 Å². The fourth-order valence-electron chi connectivity index (χ4n) is 1.79. The van der Waals surface area contributed by atoms with Gasteiger partial charge in [-0.15, -0.1) is 11.3 Å². The Balaban J connectivity index is 2.58. The van der Waals surface area contributed by atoms with Gasteiger partial charge in [0.2, 0.25) is 0 Å². The number of nitro benzene ring substituents is 1. The van der Waals surface area contributed by atoms with Crippen molar-refractivity contribution in [2.75, 3.05) is 0 Å². The quantitative estimate of drug-likeness (QED) is 0.488. The highest BCUT2D eigenvalue weighted by atomic mass is 32.1. The summed E-state index contributed by atoms with van der Waals surface area (Å²) in [6.07, 6.45) is 0. The van der Waals surface area contributed by atoms with Crippen molar-refractivity contribution in [2.45, 2.75) is 20.8 Å². The normalized spacial score (nSPS) is 10.5. The molecule has 0 saturated heterocycles. The Hall–Kier alpha value is -2.08. The van der Waals surface area contributed by atoms with Crippen molar-refractivity contribution >= 4 is 22.8 Å². The summed E-state index contributed by atoms with van der Waals surface area (Å²) in [4.78, 5) is 26.7. The van der Waals surface area contributed by atoms with Crippen molar-refractivity contribution in [1.29, 1.82) is 0 Å². The van der Waals surface area contributed by atoms with E-state index in [4.69, 9.17) is 0 Å². The summed E-state index contributed by atoms with van der Waals surface area (Å²) in [7, 11) is 0. The molecule has 0 spiro atoms. The summed E-state index contributed by atoms with van der Waals surface area (Å²) < 4.78 is 0. The summed E-state index contributed by atoms with van der Waals surface area (Å²) in [5.41, 5.74) is 2.29. The van der Waals surface area contributed by atoms with E-state index in [0.29, 0.717) is 21.1 Å². The first-order valence-corrected chi connectivity index (χ1v) is 6.45. The molecule has 98 valence electrons. The van der Waals surface area contributed by atoms with Crippen molar-refractivity contribution in [3.05, 3.63) is 44.4 Å². The average Bonchev–Trinajstić information content (AvgIpc) is 2.71. The van der Waals surface area contributed by atoms with Gasteiger partial charge in [0.05, 0.1) is 15.5 Å². The van der Waals surface area contributed by atoms with E-state index in [1.807, 2.05) is 6.92 Å². The fourth-order valence-corrected chi connectivity index (χ4v) is 2.84. The number of hydrogen-bond acceptors (Lipinski definition) is 5. The van der Waals surface area contributed by atoms with Crippen LogP contribution in [0.25, 0.3) is 10.6 Å². The van der Waals surface area contributed by atoms with Crippen molar-refractivity contribution in [3.8, 4) is 10.6 Å². The lowest BCUT2D eigenvalue weighted by Crippen LogP contribution is -1.90. The lowest BCUT2D eigenvalue weighted by atomic mass is 10.1. The van der Waals surface area contributed by atoms with Gasteiger partial charge < -0.3 is 0 Å². The Labute approximate surface area is 114 Å². The van der Waals surface area contributed by atoms with Crippen LogP contribution >= 0.6 is 11.3 Å². The van der Waals surface area contributed by atoms with Crippen molar-refractivity contribution < 1.29 is 9.72 Å². The molecule has 0 N–H and O–H groups in total. The number of aromatic nitrogens is 1. The highest BCUT2D eigenvalue weighted by Crippen LogP contribution is 2.32. The minimum Gasteiger partial charge on any atom is -0.294 e. The first-order valence-electron chi connectivity index (χ1n) is 5.64. The molecule has 0 radical (unpaired) electrons. The van der Waals surface area contributed by atoms with Gasteiger partial charge in [-0.25, -0.2) is 4.98 Å². The Kier molecular flexibility index (Phi) is 3.44. The molecule has 0 aliphatic rings. The van der Waals surface area contributed by atoms with Crippen LogP contribution in [0.5, 0.6) is 0 Å². The second-order valence-corrected chi connectivity index (χ2v) is 5.25. The summed E-state index contributed by atoms with van der Waals surface area (Å²) in [6.45, 7) is 5.12. The van der Waals surface area contributed by atoms with Crippen LogP contribution in [0.15, 0.2) is 18.2 Å². The zero-order chi connectivity index (χ0) is 14.2. The molecular formula is C13H12N2O3S. The fraction of sp³-hybridized carbons (Fsp3) is 0.231. The SMILES string of the molecule is CC(=O)c1sc(-c2cc([N+](=O)[O-])ccc2C)nc1C. The molecule has 5 nitrogen and oxygen atoms in total. The van der Waals surface area contributed by atoms with E-state index in [0.717, 1.165) is 5.56 Å². The highest BCUT2D eigenvalue weighted by Gasteiger charge is 2.16. The third kappa shape index (κ3) is 2.53. The first-order chi connectivity index (χ1) is 8.90. The minimum absolute atomic E-state index is 0.0258. The Bertz CT molecular complexity index is 677. The molecule has 6 heteroatoms. The van der Waals surface area contributed by atoms with E-state index in [9.17, 15) is 14.9 Å². The maximum atomic E-state index is 11.4. The molecule has 2 aromatic rings. The second-order valence-electron chi connectivity index (χ2n) is 4.25. The number of nitro groups is 1. The van der Waals surface area contributed by atoms with E-state index in [-0.39, 0.29) is 11.5 Å². The number of thiazole rings is 1. The van der Waals surface area contributed by atoms with Gasteiger partial charge >= 0.3 is 0 Å². The highest BCUT2D eigenvalue weighted by molar-refractivity contribution is 7.17. The molecule has 19 heavy (non-hydrogen) atoms. The van der Waals surface area contributed by atoms with Gasteiger partial charge in [0.1, 0.15) is 5.01 Å². The second kappa shape index (κ2) is 4.89. The van der Waals surface area contributed by atoms with Crippen LogP contribution in [0.2, 0.25) is 0 Å². The minimum atomic E-state index is -0.435. The number of benzene rings is 1. The third-order valence-corrected chi connectivity index (χ3v) is 4.07. The number of rotatable bonds is 3. The Morgan fingerprint density at radius 2 is 2.05 bits per heavy atom. The topological polar surface area (TPSA) is 73.1 Å². The number of hydrogen-bond donors (Lipinski definition) is 0. The van der Waals surface area contributed by atoms with Crippen molar-refractivity contribution in [2.24, 2.45) is 0 Å². The van der Waals surface area contributed by atoms with E-state index in [1.54, 1.807) is 13.0 Å². The van der Waals surface area contributed by atoms with Gasteiger partial charge in [-0.1, -0.05) is 6.07 Å². The van der Waals surface area contributed by atoms with Gasteiger partial charge in [0.25, 0.3) is 5.69 Å². The first kappa shape index (κ1) is 13.4.